The number of ether oxygens (including phenoxy) is 6. The number of carbonyl (C=O) groups is 2. The molecule has 20 heteroatoms. The molecule has 396 valence electrons. The minimum atomic E-state index is -2.29. The van der Waals surface area contributed by atoms with Gasteiger partial charge in [0.05, 0.1) is 112 Å². The summed E-state index contributed by atoms with van der Waals surface area (Å²) in [6.07, 6.45) is 5.15. The van der Waals surface area contributed by atoms with Gasteiger partial charge < -0.3 is 90.5 Å². The molecule has 0 spiro atoms. The summed E-state index contributed by atoms with van der Waals surface area (Å²) >= 11 is 0. The molecule has 0 saturated carbocycles. The lowest BCUT2D eigenvalue weighted by atomic mass is 9.82. The van der Waals surface area contributed by atoms with Gasteiger partial charge in [0.15, 0.2) is 12.1 Å². The van der Waals surface area contributed by atoms with E-state index >= 15 is 0 Å². The van der Waals surface area contributed by atoms with Crippen LogP contribution in [-0.2, 0) is 38.0 Å². The molecule has 0 aromatic rings. The predicted molar refractivity (Wildman–Crippen MR) is 254 cm³/mol. The topological polar surface area (TPSA) is 330 Å². The minimum absolute atomic E-state index is 0.0377. The number of nitrogens with two attached hydrogens (primary N) is 1. The molecule has 2 bridgehead atoms. The maximum Gasteiger partial charge on any atom is 0.308 e. The first-order valence-corrected chi connectivity index (χ1v) is 24.2. The van der Waals surface area contributed by atoms with Gasteiger partial charge in [-0.25, -0.2) is 0 Å². The summed E-state index contributed by atoms with van der Waals surface area (Å²) in [6, 6.07) is -1.12. The molecule has 20 nitrogen and oxygen atoms in total. The number of cyclic esters (lactones) is 1. The Balaban J connectivity index is 1.57. The number of hydrogen-bond donors (Lipinski definition) is 12. The van der Waals surface area contributed by atoms with Gasteiger partial charge in [-0.3, -0.25) is 9.59 Å². The van der Waals surface area contributed by atoms with Crippen LogP contribution in [-0.4, -0.2) is 193 Å². The number of hydrogen-bond acceptors (Lipinski definition) is 19. The van der Waals surface area contributed by atoms with Crippen LogP contribution in [0.4, 0.5) is 0 Å². The van der Waals surface area contributed by atoms with E-state index < -0.39 is 141 Å². The first-order valence-electron chi connectivity index (χ1n) is 24.2. The van der Waals surface area contributed by atoms with E-state index in [4.69, 9.17) is 34.2 Å². The van der Waals surface area contributed by atoms with E-state index in [-0.39, 0.29) is 57.8 Å². The zero-order chi connectivity index (χ0) is 51.2. The van der Waals surface area contributed by atoms with Crippen LogP contribution in [0.25, 0.3) is 0 Å². The van der Waals surface area contributed by atoms with E-state index in [1.165, 1.54) is 0 Å². The first kappa shape index (κ1) is 59.0. The monoisotopic (exact) mass is 995 g/mol. The van der Waals surface area contributed by atoms with Crippen LogP contribution in [0.3, 0.4) is 0 Å². The summed E-state index contributed by atoms with van der Waals surface area (Å²) in [6.45, 7) is 4.20. The van der Waals surface area contributed by atoms with Crippen molar-refractivity contribution in [3.05, 3.63) is 85.1 Å². The van der Waals surface area contributed by atoms with Crippen molar-refractivity contribution in [3.63, 3.8) is 0 Å². The molecular formula is C50H78N2O18. The van der Waals surface area contributed by atoms with E-state index in [1.54, 1.807) is 61.6 Å². The summed E-state index contributed by atoms with van der Waals surface area (Å²) in [5, 5.41) is 112. The number of fused-ring (bicyclic) bond motifs is 2. The molecule has 4 aliphatic rings. The van der Waals surface area contributed by atoms with Gasteiger partial charge in [0.25, 0.3) is 0 Å². The second-order valence-electron chi connectivity index (χ2n) is 18.7. The SMILES string of the molecule is C[C@H]1C[C@H](O)[C@@H](C)/C=C/C=C/C=C/C=C/C=C/C=C/C=C/C(O[C@@H]2OC[C@@H](O)[C@H](N)[C@@H]2O)C[C@@H]2OC(O)(CC(O)CC(O)C(O)CCC(O)CC(O)CC(=O)O1)C[C@H](O)[C@H]2C(=O)NCC1COCCO1. The van der Waals surface area contributed by atoms with Crippen molar-refractivity contribution in [2.45, 2.75) is 169 Å². The van der Waals surface area contributed by atoms with Gasteiger partial charge in [-0.05, 0) is 26.2 Å². The third-order valence-electron chi connectivity index (χ3n) is 12.5. The summed E-state index contributed by atoms with van der Waals surface area (Å²) in [4.78, 5) is 26.4. The smallest absolute Gasteiger partial charge is 0.308 e. The van der Waals surface area contributed by atoms with Crippen molar-refractivity contribution in [2.75, 3.05) is 33.0 Å². The molecule has 18 atom stereocenters. The van der Waals surface area contributed by atoms with Crippen molar-refractivity contribution >= 4 is 11.9 Å². The van der Waals surface area contributed by atoms with E-state index in [0.29, 0.717) is 13.2 Å². The molecule has 8 unspecified atom stereocenters. The zero-order valence-electron chi connectivity index (χ0n) is 40.1. The number of amides is 1. The number of nitrogens with one attached hydrogen (secondary N) is 1. The molecule has 3 fully saturated rings. The number of aliphatic hydroxyl groups is 10. The molecule has 4 rings (SSSR count). The highest BCUT2D eigenvalue weighted by molar-refractivity contribution is 5.80. The third kappa shape index (κ3) is 20.9. The standard InChI is InChI=1S/C50H78N2O18/c1-31-15-13-11-9-7-5-3-4-6-8-10-12-14-16-36(69-49-47(62)46(51)42(60)30-67-49)25-43-45(48(63)52-28-37-29-65-19-20-66-37)41(59)27-50(64,70-43)26-35(55)23-40(58)38(56)18-17-33(53)22-34(54)24-44(61)68-32(2)21-39(31)57/h3-16,31-43,45-47,49,53-60,62,64H,17-30,51H2,1-2H3,(H,52,63)/b4-3+,7-5+,8-6+,11-9+,12-10+,15-13+,16-14+/t31-,32-,33?,34?,35?,36?,37?,38?,39-,40?,41-,42+,43-,45+,46-,47-,49-,50?/m0/s1. The Morgan fingerprint density at radius 2 is 1.34 bits per heavy atom. The van der Waals surface area contributed by atoms with Crippen LogP contribution in [0.2, 0.25) is 0 Å². The van der Waals surface area contributed by atoms with Gasteiger partial charge in [-0.1, -0.05) is 92.0 Å². The fourth-order valence-electron chi connectivity index (χ4n) is 8.50. The lowest BCUT2D eigenvalue weighted by Crippen LogP contribution is -2.60. The highest BCUT2D eigenvalue weighted by Crippen LogP contribution is 2.38. The second kappa shape index (κ2) is 30.5. The Bertz CT molecular complexity index is 1770. The fraction of sp³-hybridized carbons (Fsp3) is 0.680. The highest BCUT2D eigenvalue weighted by Gasteiger charge is 2.50. The number of esters is 1. The van der Waals surface area contributed by atoms with Crippen molar-refractivity contribution in [1.29, 1.82) is 0 Å². The van der Waals surface area contributed by atoms with E-state index in [0.717, 1.165) is 0 Å². The van der Waals surface area contributed by atoms with Crippen molar-refractivity contribution in [3.8, 4) is 0 Å². The van der Waals surface area contributed by atoms with Gasteiger partial charge in [-0.2, -0.15) is 0 Å². The number of rotatable bonds is 5. The molecule has 0 aromatic heterocycles. The van der Waals surface area contributed by atoms with Gasteiger partial charge in [-0.15, -0.1) is 0 Å². The number of aliphatic hydroxyl groups excluding tert-OH is 9. The van der Waals surface area contributed by atoms with Gasteiger partial charge in [0.1, 0.15) is 12.2 Å². The van der Waals surface area contributed by atoms with E-state index in [2.05, 4.69) is 5.32 Å². The molecule has 0 radical (unpaired) electrons. The van der Waals surface area contributed by atoms with Crippen LogP contribution in [0.15, 0.2) is 85.1 Å². The molecule has 3 saturated heterocycles. The van der Waals surface area contributed by atoms with Gasteiger partial charge in [0, 0.05) is 44.6 Å². The average molecular weight is 995 g/mol. The maximum atomic E-state index is 13.9. The van der Waals surface area contributed by atoms with Crippen molar-refractivity contribution in [1.82, 2.24) is 5.32 Å². The molecule has 13 N–H and O–H groups in total. The molecule has 4 heterocycles. The number of carbonyl (C=O) groups excluding carboxylic acids is 2. The molecule has 70 heavy (non-hydrogen) atoms. The Labute approximate surface area is 410 Å². The molecule has 0 aliphatic carbocycles. The van der Waals surface area contributed by atoms with Crippen LogP contribution in [0.5, 0.6) is 0 Å². The Morgan fingerprint density at radius 1 is 0.700 bits per heavy atom. The molecule has 4 aliphatic heterocycles. The van der Waals surface area contributed by atoms with Crippen LogP contribution in [0, 0.1) is 11.8 Å². The first-order chi connectivity index (χ1) is 33.3. The zero-order valence-corrected chi connectivity index (χ0v) is 40.1. The average Bonchev–Trinajstić information content (AvgIpc) is 3.29. The predicted octanol–water partition coefficient (Wildman–Crippen LogP) is -0.476. The second-order valence-corrected chi connectivity index (χ2v) is 18.7. The Hall–Kier alpha value is -3.52. The van der Waals surface area contributed by atoms with Gasteiger partial charge >= 0.3 is 5.97 Å². The summed E-state index contributed by atoms with van der Waals surface area (Å²) in [5.74, 6) is -5.23. The fourth-order valence-corrected chi connectivity index (χ4v) is 8.50. The summed E-state index contributed by atoms with van der Waals surface area (Å²) in [5.41, 5.74) is 6.02. The normalized spacial score (nSPS) is 43.3. The van der Waals surface area contributed by atoms with Gasteiger partial charge in [0.2, 0.25) is 5.91 Å². The van der Waals surface area contributed by atoms with E-state index in [1.807, 2.05) is 37.3 Å². The maximum absolute atomic E-state index is 13.9. The quantitative estimate of drug-likeness (QED) is 0.155. The molecule has 0 aromatic carbocycles. The lowest BCUT2D eigenvalue weighted by Gasteiger charge is -2.45. The Kier molecular flexibility index (Phi) is 25.7. The summed E-state index contributed by atoms with van der Waals surface area (Å²) < 4.78 is 34.5. The van der Waals surface area contributed by atoms with Crippen molar-refractivity contribution in [2.24, 2.45) is 17.6 Å². The highest BCUT2D eigenvalue weighted by atomic mass is 16.7. The molecule has 1 amide bonds. The number of allylic oxidation sites excluding steroid dienone is 12. The van der Waals surface area contributed by atoms with Crippen molar-refractivity contribution < 1.29 is 89.1 Å². The van der Waals surface area contributed by atoms with Crippen LogP contribution >= 0.6 is 0 Å². The lowest BCUT2D eigenvalue weighted by molar-refractivity contribution is -0.304. The van der Waals surface area contributed by atoms with Crippen LogP contribution < -0.4 is 11.1 Å². The largest absolute Gasteiger partial charge is 0.462 e. The minimum Gasteiger partial charge on any atom is -0.462 e. The summed E-state index contributed by atoms with van der Waals surface area (Å²) in [7, 11) is 0. The van der Waals surface area contributed by atoms with E-state index in [9.17, 15) is 60.7 Å². The Morgan fingerprint density at radius 3 is 1.99 bits per heavy atom. The molecular weight excluding hydrogens is 917 g/mol. The van der Waals surface area contributed by atoms with Crippen LogP contribution in [0.1, 0.15) is 71.6 Å². The third-order valence-corrected chi connectivity index (χ3v) is 12.5.